The SMILES string of the molecule is CC1CNC(=O)S1. The van der Waals surface area contributed by atoms with E-state index >= 15 is 0 Å². The summed E-state index contributed by atoms with van der Waals surface area (Å²) in [6.45, 7) is 2.87. The van der Waals surface area contributed by atoms with Crippen molar-refractivity contribution in [1.29, 1.82) is 0 Å². The number of carbonyl (C=O) groups is 1. The van der Waals surface area contributed by atoms with Crippen molar-refractivity contribution in [2.24, 2.45) is 0 Å². The van der Waals surface area contributed by atoms with Crippen LogP contribution in [0.3, 0.4) is 0 Å². The van der Waals surface area contributed by atoms with Gasteiger partial charge >= 0.3 is 0 Å². The highest BCUT2D eigenvalue weighted by atomic mass is 32.2. The van der Waals surface area contributed by atoms with E-state index in [1.54, 1.807) is 0 Å². The molecule has 0 aromatic carbocycles. The molecule has 40 valence electrons. The van der Waals surface area contributed by atoms with Gasteiger partial charge in [0.15, 0.2) is 0 Å². The van der Waals surface area contributed by atoms with Crippen LogP contribution in [0.4, 0.5) is 4.79 Å². The molecule has 1 atom stereocenters. The molecule has 1 rings (SSSR count). The van der Waals surface area contributed by atoms with E-state index in [0.717, 1.165) is 6.54 Å². The number of nitrogens with one attached hydrogen (secondary N) is 1. The largest absolute Gasteiger partial charge is 0.346 e. The van der Waals surface area contributed by atoms with E-state index in [1.165, 1.54) is 11.8 Å². The summed E-state index contributed by atoms with van der Waals surface area (Å²) in [5.74, 6) is 0. The van der Waals surface area contributed by atoms with Gasteiger partial charge in [-0.25, -0.2) is 0 Å². The summed E-state index contributed by atoms with van der Waals surface area (Å²) in [6.07, 6.45) is 0. The van der Waals surface area contributed by atoms with Crippen LogP contribution in [0.25, 0.3) is 0 Å². The second kappa shape index (κ2) is 1.74. The Kier molecular flexibility index (Phi) is 1.23. The maximum absolute atomic E-state index is 10.3. The Morgan fingerprint density at radius 3 is 2.86 bits per heavy atom. The maximum atomic E-state index is 10.3. The first kappa shape index (κ1) is 4.97. The van der Waals surface area contributed by atoms with Crippen molar-refractivity contribution in [2.45, 2.75) is 12.2 Å². The van der Waals surface area contributed by atoms with Gasteiger partial charge in [0.1, 0.15) is 0 Å². The van der Waals surface area contributed by atoms with Gasteiger partial charge < -0.3 is 5.32 Å². The van der Waals surface area contributed by atoms with Crippen molar-refractivity contribution in [3.05, 3.63) is 0 Å². The molecule has 1 aliphatic heterocycles. The number of rotatable bonds is 0. The third-order valence-corrected chi connectivity index (χ3v) is 1.77. The van der Waals surface area contributed by atoms with Crippen LogP contribution in [0.2, 0.25) is 0 Å². The molecule has 0 aromatic rings. The minimum absolute atomic E-state index is 0.118. The molecule has 1 heterocycles. The van der Waals surface area contributed by atoms with Gasteiger partial charge in [-0.2, -0.15) is 0 Å². The fourth-order valence-electron chi connectivity index (χ4n) is 0.493. The van der Waals surface area contributed by atoms with E-state index in [9.17, 15) is 4.79 Å². The predicted octanol–water partition coefficient (Wildman–Crippen LogP) is 0.831. The first-order valence-corrected chi connectivity index (χ1v) is 3.11. The Balaban J connectivity index is 2.40. The van der Waals surface area contributed by atoms with Crippen LogP contribution in [-0.4, -0.2) is 17.0 Å². The van der Waals surface area contributed by atoms with Crippen molar-refractivity contribution < 1.29 is 4.79 Å². The van der Waals surface area contributed by atoms with Gasteiger partial charge in [-0.05, 0) is 0 Å². The average molecular weight is 117 g/mol. The minimum Gasteiger partial charge on any atom is -0.346 e. The Labute approximate surface area is 46.7 Å². The summed E-state index contributed by atoms with van der Waals surface area (Å²) >= 11 is 1.37. The number of thioether (sulfide) groups is 1. The third kappa shape index (κ3) is 1.09. The lowest BCUT2D eigenvalue weighted by Gasteiger charge is -1.87. The van der Waals surface area contributed by atoms with Crippen molar-refractivity contribution >= 4 is 17.0 Å². The first-order valence-electron chi connectivity index (χ1n) is 2.23. The van der Waals surface area contributed by atoms with Crippen LogP contribution < -0.4 is 5.32 Å². The van der Waals surface area contributed by atoms with Crippen molar-refractivity contribution in [1.82, 2.24) is 5.32 Å². The second-order valence-corrected chi connectivity index (χ2v) is 3.01. The van der Waals surface area contributed by atoms with Gasteiger partial charge in [0.05, 0.1) is 0 Å². The summed E-state index contributed by atoms with van der Waals surface area (Å²) in [7, 11) is 0. The summed E-state index contributed by atoms with van der Waals surface area (Å²) in [4.78, 5) is 10.3. The van der Waals surface area contributed by atoms with Crippen LogP contribution >= 0.6 is 11.8 Å². The molecule has 0 radical (unpaired) electrons. The molecule has 0 saturated carbocycles. The predicted molar refractivity (Wildman–Crippen MR) is 30.5 cm³/mol. The molecule has 0 bridgehead atoms. The number of hydrogen-bond donors (Lipinski definition) is 1. The standard InChI is InChI=1S/C4H7NOS/c1-3-2-5-4(6)7-3/h3H,2H2,1H3,(H,5,6). The first-order chi connectivity index (χ1) is 3.29. The molecule has 1 saturated heterocycles. The molecule has 7 heavy (non-hydrogen) atoms. The Morgan fingerprint density at radius 1 is 2.00 bits per heavy atom. The molecule has 3 heteroatoms. The lowest BCUT2D eigenvalue weighted by Crippen LogP contribution is -2.12. The fourth-order valence-corrected chi connectivity index (χ4v) is 1.19. The number of hydrogen-bond acceptors (Lipinski definition) is 2. The molecule has 1 amide bonds. The van der Waals surface area contributed by atoms with Crippen LogP contribution in [0.1, 0.15) is 6.92 Å². The van der Waals surface area contributed by atoms with Gasteiger partial charge in [-0.1, -0.05) is 18.7 Å². The molecule has 1 N–H and O–H groups in total. The van der Waals surface area contributed by atoms with Crippen LogP contribution in [0.5, 0.6) is 0 Å². The Morgan fingerprint density at radius 2 is 2.71 bits per heavy atom. The highest BCUT2D eigenvalue weighted by Gasteiger charge is 2.16. The van der Waals surface area contributed by atoms with Crippen LogP contribution in [-0.2, 0) is 0 Å². The van der Waals surface area contributed by atoms with Gasteiger partial charge in [0.25, 0.3) is 5.24 Å². The smallest absolute Gasteiger partial charge is 0.279 e. The molecule has 1 fully saturated rings. The number of amides is 1. The van der Waals surface area contributed by atoms with E-state index in [4.69, 9.17) is 0 Å². The molecule has 0 spiro atoms. The maximum Gasteiger partial charge on any atom is 0.279 e. The van der Waals surface area contributed by atoms with E-state index in [1.807, 2.05) is 6.92 Å². The molecular formula is C4H7NOS. The zero-order valence-electron chi connectivity index (χ0n) is 4.10. The molecule has 0 aliphatic carbocycles. The lowest BCUT2D eigenvalue weighted by atomic mass is 10.5. The Hall–Kier alpha value is -0.180. The number of carbonyl (C=O) groups excluding carboxylic acids is 1. The Bertz CT molecular complexity index is 93.7. The summed E-state index contributed by atoms with van der Waals surface area (Å²) in [5, 5.41) is 3.29. The molecule has 1 unspecified atom stereocenters. The summed E-state index contributed by atoms with van der Waals surface area (Å²) < 4.78 is 0. The quantitative estimate of drug-likeness (QED) is 0.509. The third-order valence-electron chi connectivity index (χ3n) is 0.842. The van der Waals surface area contributed by atoms with Crippen molar-refractivity contribution in [3.63, 3.8) is 0 Å². The normalized spacial score (nSPS) is 30.4. The van der Waals surface area contributed by atoms with E-state index in [-0.39, 0.29) is 5.24 Å². The molecule has 1 aliphatic rings. The van der Waals surface area contributed by atoms with Crippen molar-refractivity contribution in [2.75, 3.05) is 6.54 Å². The molecule has 2 nitrogen and oxygen atoms in total. The highest BCUT2D eigenvalue weighted by Crippen LogP contribution is 2.15. The van der Waals surface area contributed by atoms with Gasteiger partial charge in [0, 0.05) is 11.8 Å². The zero-order chi connectivity index (χ0) is 5.28. The highest BCUT2D eigenvalue weighted by molar-refractivity contribution is 8.14. The summed E-state index contributed by atoms with van der Waals surface area (Å²) in [6, 6.07) is 0. The van der Waals surface area contributed by atoms with E-state index in [0.29, 0.717) is 5.25 Å². The summed E-state index contributed by atoms with van der Waals surface area (Å²) in [5.41, 5.74) is 0. The van der Waals surface area contributed by atoms with Gasteiger partial charge in [0.2, 0.25) is 0 Å². The lowest BCUT2D eigenvalue weighted by molar-refractivity contribution is 0.262. The van der Waals surface area contributed by atoms with Gasteiger partial charge in [-0.15, -0.1) is 0 Å². The van der Waals surface area contributed by atoms with Crippen LogP contribution in [0, 0.1) is 0 Å². The van der Waals surface area contributed by atoms with Gasteiger partial charge in [-0.3, -0.25) is 4.79 Å². The molecule has 0 aromatic heterocycles. The van der Waals surface area contributed by atoms with Crippen molar-refractivity contribution in [3.8, 4) is 0 Å². The van der Waals surface area contributed by atoms with E-state index < -0.39 is 0 Å². The second-order valence-electron chi connectivity index (χ2n) is 1.60. The van der Waals surface area contributed by atoms with Crippen LogP contribution in [0.15, 0.2) is 0 Å². The van der Waals surface area contributed by atoms with E-state index in [2.05, 4.69) is 5.32 Å². The fraction of sp³-hybridized carbons (Fsp3) is 0.750. The minimum atomic E-state index is 0.118. The zero-order valence-corrected chi connectivity index (χ0v) is 4.92. The average Bonchev–Trinajstić information content (AvgIpc) is 1.87. The topological polar surface area (TPSA) is 29.1 Å². The molecular weight excluding hydrogens is 110 g/mol. The monoisotopic (exact) mass is 117 g/mol.